The van der Waals surface area contributed by atoms with Crippen molar-refractivity contribution < 1.29 is 14.3 Å². The predicted octanol–water partition coefficient (Wildman–Crippen LogP) is 4.08. The summed E-state index contributed by atoms with van der Waals surface area (Å²) in [5.74, 6) is 0.522. The molecule has 0 saturated carbocycles. The molecule has 0 aromatic heterocycles. The number of benzene rings is 2. The van der Waals surface area contributed by atoms with E-state index in [0.717, 1.165) is 16.8 Å². The summed E-state index contributed by atoms with van der Waals surface area (Å²) in [7, 11) is 0. The number of hydrogen-bond acceptors (Lipinski definition) is 4. The van der Waals surface area contributed by atoms with Crippen molar-refractivity contribution in [2.24, 2.45) is 0 Å². The molecule has 0 bridgehead atoms. The van der Waals surface area contributed by atoms with Crippen LogP contribution in [0.15, 0.2) is 36.4 Å². The van der Waals surface area contributed by atoms with E-state index in [1.807, 2.05) is 45.0 Å². The summed E-state index contributed by atoms with van der Waals surface area (Å²) in [4.78, 5) is 12.3. The highest BCUT2D eigenvalue weighted by atomic mass is 16.5. The van der Waals surface area contributed by atoms with Crippen LogP contribution in [0.25, 0.3) is 0 Å². The molecular weight excluding hydrogens is 328 g/mol. The molecule has 1 amide bonds. The fourth-order valence-corrected chi connectivity index (χ4v) is 2.87. The average Bonchev–Trinajstić information content (AvgIpc) is 2.59. The van der Waals surface area contributed by atoms with Gasteiger partial charge in [0, 0.05) is 12.3 Å². The summed E-state index contributed by atoms with van der Waals surface area (Å²) in [6.45, 7) is 9.91. The van der Waals surface area contributed by atoms with Crippen molar-refractivity contribution in [1.29, 1.82) is 0 Å². The van der Waals surface area contributed by atoms with Crippen molar-refractivity contribution >= 4 is 17.3 Å². The molecule has 26 heavy (non-hydrogen) atoms. The maximum Gasteiger partial charge on any atom is 0.243 e. The summed E-state index contributed by atoms with van der Waals surface area (Å²) >= 11 is 0. The van der Waals surface area contributed by atoms with Crippen LogP contribution in [0.5, 0.6) is 5.75 Å². The molecule has 2 N–H and O–H groups in total. The van der Waals surface area contributed by atoms with Gasteiger partial charge in [0.2, 0.25) is 5.91 Å². The standard InChI is InChI=1S/C21H28N2O3/c1-5-25-10-11-26-19-9-7-6-8-18(19)23-20(24)14-22-21-16(3)12-15(2)13-17(21)4/h6-9,12-13,22H,5,10-11,14H2,1-4H3,(H,23,24). The van der Waals surface area contributed by atoms with Gasteiger partial charge in [-0.2, -0.15) is 0 Å². The van der Waals surface area contributed by atoms with Crippen LogP contribution in [0.2, 0.25) is 0 Å². The molecule has 0 aliphatic carbocycles. The maximum absolute atomic E-state index is 12.3. The van der Waals surface area contributed by atoms with Crippen molar-refractivity contribution in [2.75, 3.05) is 37.0 Å². The number of para-hydroxylation sites is 2. The van der Waals surface area contributed by atoms with Crippen molar-refractivity contribution in [3.05, 3.63) is 53.1 Å². The lowest BCUT2D eigenvalue weighted by Crippen LogP contribution is -2.23. The fraction of sp³-hybridized carbons (Fsp3) is 0.381. The first-order chi connectivity index (χ1) is 12.5. The van der Waals surface area contributed by atoms with Crippen LogP contribution in [-0.4, -0.2) is 32.3 Å². The first-order valence-electron chi connectivity index (χ1n) is 8.92. The smallest absolute Gasteiger partial charge is 0.243 e. The summed E-state index contributed by atoms with van der Waals surface area (Å²) in [6, 6.07) is 11.6. The van der Waals surface area contributed by atoms with E-state index in [1.54, 1.807) is 0 Å². The topological polar surface area (TPSA) is 59.6 Å². The second-order valence-corrected chi connectivity index (χ2v) is 6.22. The molecule has 0 heterocycles. The average molecular weight is 356 g/mol. The Labute approximate surface area is 155 Å². The lowest BCUT2D eigenvalue weighted by atomic mass is 10.1. The van der Waals surface area contributed by atoms with E-state index in [1.165, 1.54) is 5.56 Å². The molecule has 2 aromatic rings. The molecule has 0 aliphatic rings. The Morgan fingerprint density at radius 1 is 1.04 bits per heavy atom. The maximum atomic E-state index is 12.3. The molecule has 140 valence electrons. The summed E-state index contributed by atoms with van der Waals surface area (Å²) < 4.78 is 11.0. The van der Waals surface area contributed by atoms with E-state index in [0.29, 0.717) is 31.3 Å². The first kappa shape index (κ1) is 19.8. The van der Waals surface area contributed by atoms with E-state index < -0.39 is 0 Å². The van der Waals surface area contributed by atoms with Gasteiger partial charge in [-0.1, -0.05) is 29.8 Å². The predicted molar refractivity (Wildman–Crippen MR) is 106 cm³/mol. The van der Waals surface area contributed by atoms with E-state index in [2.05, 4.69) is 29.7 Å². The minimum Gasteiger partial charge on any atom is -0.489 e. The third-order valence-corrected chi connectivity index (χ3v) is 3.95. The number of amides is 1. The summed E-state index contributed by atoms with van der Waals surface area (Å²) in [6.07, 6.45) is 0. The van der Waals surface area contributed by atoms with Crippen LogP contribution in [0, 0.1) is 20.8 Å². The number of hydrogen-bond donors (Lipinski definition) is 2. The quantitative estimate of drug-likeness (QED) is 0.665. The third kappa shape index (κ3) is 5.77. The second kappa shape index (κ2) is 9.82. The van der Waals surface area contributed by atoms with Crippen LogP contribution >= 0.6 is 0 Å². The Kier molecular flexibility index (Phi) is 7.48. The second-order valence-electron chi connectivity index (χ2n) is 6.22. The minimum absolute atomic E-state index is 0.120. The van der Waals surface area contributed by atoms with Crippen LogP contribution < -0.4 is 15.4 Å². The minimum atomic E-state index is -0.120. The number of ether oxygens (including phenoxy) is 2. The first-order valence-corrected chi connectivity index (χ1v) is 8.92. The van der Waals surface area contributed by atoms with Gasteiger partial charge in [-0.05, 0) is 51.0 Å². The van der Waals surface area contributed by atoms with Gasteiger partial charge in [0.15, 0.2) is 0 Å². The van der Waals surface area contributed by atoms with Crippen LogP contribution in [0.1, 0.15) is 23.6 Å². The van der Waals surface area contributed by atoms with Gasteiger partial charge < -0.3 is 20.1 Å². The van der Waals surface area contributed by atoms with Gasteiger partial charge in [0.05, 0.1) is 18.8 Å². The van der Waals surface area contributed by atoms with Gasteiger partial charge in [-0.25, -0.2) is 0 Å². The van der Waals surface area contributed by atoms with Gasteiger partial charge in [0.1, 0.15) is 12.4 Å². The summed E-state index contributed by atoms with van der Waals surface area (Å²) in [5, 5.41) is 6.14. The summed E-state index contributed by atoms with van der Waals surface area (Å²) in [5.41, 5.74) is 5.15. The van der Waals surface area contributed by atoms with E-state index >= 15 is 0 Å². The molecule has 2 rings (SSSR count). The molecule has 5 nitrogen and oxygen atoms in total. The van der Waals surface area contributed by atoms with Gasteiger partial charge in [-0.15, -0.1) is 0 Å². The Balaban J connectivity index is 1.94. The van der Waals surface area contributed by atoms with E-state index in [-0.39, 0.29) is 12.5 Å². The van der Waals surface area contributed by atoms with Crippen LogP contribution in [-0.2, 0) is 9.53 Å². The Hall–Kier alpha value is -2.53. The molecule has 0 aliphatic heterocycles. The largest absolute Gasteiger partial charge is 0.489 e. The van der Waals surface area contributed by atoms with Crippen LogP contribution in [0.4, 0.5) is 11.4 Å². The number of carbonyl (C=O) groups is 1. The molecule has 0 fully saturated rings. The molecule has 0 spiro atoms. The number of anilines is 2. The van der Waals surface area contributed by atoms with Gasteiger partial charge in [-0.3, -0.25) is 4.79 Å². The Morgan fingerprint density at radius 3 is 2.42 bits per heavy atom. The molecule has 0 radical (unpaired) electrons. The highest BCUT2D eigenvalue weighted by Crippen LogP contribution is 2.24. The zero-order valence-electron chi connectivity index (χ0n) is 16.0. The lowest BCUT2D eigenvalue weighted by Gasteiger charge is -2.15. The Morgan fingerprint density at radius 2 is 1.73 bits per heavy atom. The highest BCUT2D eigenvalue weighted by molar-refractivity contribution is 5.95. The van der Waals surface area contributed by atoms with Gasteiger partial charge >= 0.3 is 0 Å². The monoisotopic (exact) mass is 356 g/mol. The molecule has 0 unspecified atom stereocenters. The number of carbonyl (C=O) groups excluding carboxylic acids is 1. The lowest BCUT2D eigenvalue weighted by molar-refractivity contribution is -0.114. The SMILES string of the molecule is CCOCCOc1ccccc1NC(=O)CNc1c(C)cc(C)cc1C. The number of nitrogens with one attached hydrogen (secondary N) is 2. The molecule has 0 saturated heterocycles. The zero-order chi connectivity index (χ0) is 18.9. The zero-order valence-corrected chi connectivity index (χ0v) is 16.0. The normalized spacial score (nSPS) is 10.5. The van der Waals surface area contributed by atoms with Crippen molar-refractivity contribution in [1.82, 2.24) is 0 Å². The highest BCUT2D eigenvalue weighted by Gasteiger charge is 2.09. The molecular formula is C21H28N2O3. The fourth-order valence-electron chi connectivity index (χ4n) is 2.87. The van der Waals surface area contributed by atoms with Crippen molar-refractivity contribution in [2.45, 2.75) is 27.7 Å². The molecule has 0 atom stereocenters. The number of aryl methyl sites for hydroxylation is 3. The van der Waals surface area contributed by atoms with E-state index in [9.17, 15) is 4.79 Å². The van der Waals surface area contributed by atoms with Crippen molar-refractivity contribution in [3.8, 4) is 5.75 Å². The van der Waals surface area contributed by atoms with Crippen molar-refractivity contribution in [3.63, 3.8) is 0 Å². The third-order valence-electron chi connectivity index (χ3n) is 3.95. The van der Waals surface area contributed by atoms with Crippen LogP contribution in [0.3, 0.4) is 0 Å². The molecule has 5 heteroatoms. The number of rotatable bonds is 9. The van der Waals surface area contributed by atoms with E-state index in [4.69, 9.17) is 9.47 Å². The molecule has 2 aromatic carbocycles. The van der Waals surface area contributed by atoms with Gasteiger partial charge in [0.25, 0.3) is 0 Å². The Bertz CT molecular complexity index is 721.